The third-order valence-corrected chi connectivity index (χ3v) is 4.10. The summed E-state index contributed by atoms with van der Waals surface area (Å²) in [6, 6.07) is 12.5. The molecule has 0 saturated carbocycles. The lowest BCUT2D eigenvalue weighted by Gasteiger charge is -2.08. The highest BCUT2D eigenvalue weighted by Crippen LogP contribution is 2.32. The summed E-state index contributed by atoms with van der Waals surface area (Å²) in [5.41, 5.74) is 1.67. The van der Waals surface area contributed by atoms with Crippen molar-refractivity contribution in [1.82, 2.24) is 15.2 Å². The van der Waals surface area contributed by atoms with Gasteiger partial charge in [-0.05, 0) is 35.7 Å². The highest BCUT2D eigenvalue weighted by atomic mass is 19.1. The van der Waals surface area contributed by atoms with Gasteiger partial charge in [-0.2, -0.15) is 10.1 Å². The maximum Gasteiger partial charge on any atom is 0.244 e. The number of benzene rings is 2. The largest absolute Gasteiger partial charge is 0.454 e. The van der Waals surface area contributed by atoms with Gasteiger partial charge in [-0.1, -0.05) is 24.3 Å². The molecule has 0 radical (unpaired) electrons. The molecular weight excluding hydrogens is 349 g/mol. The van der Waals surface area contributed by atoms with Crippen LogP contribution in [-0.4, -0.2) is 28.5 Å². The van der Waals surface area contributed by atoms with E-state index in [1.54, 1.807) is 12.1 Å². The van der Waals surface area contributed by atoms with Crippen molar-refractivity contribution in [2.75, 3.05) is 24.0 Å². The van der Waals surface area contributed by atoms with Gasteiger partial charge in [0.05, 0.1) is 6.20 Å². The van der Waals surface area contributed by atoms with Crippen LogP contribution in [0.15, 0.2) is 48.7 Å². The minimum absolute atomic E-state index is 0.203. The Labute approximate surface area is 155 Å². The molecule has 27 heavy (non-hydrogen) atoms. The Bertz CT molecular complexity index is 937. The second-order valence-corrected chi connectivity index (χ2v) is 5.97. The quantitative estimate of drug-likeness (QED) is 0.664. The standard InChI is InChI=1S/C19H18FN5O2/c20-15-4-2-1-3-14(15)7-8-21-18-11-23-25-19(24-18)22-10-13-5-6-16-17(9-13)27-12-26-16/h1-6,9,11H,7-8,10,12H2,(H2,21,22,24,25). The molecule has 0 spiro atoms. The monoisotopic (exact) mass is 367 g/mol. The Balaban J connectivity index is 1.31. The molecule has 1 aliphatic rings. The highest BCUT2D eigenvalue weighted by molar-refractivity contribution is 5.45. The number of hydrogen-bond acceptors (Lipinski definition) is 7. The fourth-order valence-corrected chi connectivity index (χ4v) is 2.72. The summed E-state index contributed by atoms with van der Waals surface area (Å²) < 4.78 is 24.3. The lowest BCUT2D eigenvalue weighted by Crippen LogP contribution is -2.10. The number of hydrogen-bond donors (Lipinski definition) is 2. The smallest absolute Gasteiger partial charge is 0.244 e. The van der Waals surface area contributed by atoms with Gasteiger partial charge >= 0.3 is 0 Å². The van der Waals surface area contributed by atoms with Crippen LogP contribution in [0.1, 0.15) is 11.1 Å². The molecule has 1 aliphatic heterocycles. The van der Waals surface area contributed by atoms with E-state index in [4.69, 9.17) is 9.47 Å². The zero-order valence-corrected chi connectivity index (χ0v) is 14.5. The Morgan fingerprint density at radius 3 is 2.85 bits per heavy atom. The third-order valence-electron chi connectivity index (χ3n) is 4.10. The molecule has 0 atom stereocenters. The van der Waals surface area contributed by atoms with Crippen molar-refractivity contribution >= 4 is 11.8 Å². The van der Waals surface area contributed by atoms with Gasteiger partial charge in [0, 0.05) is 13.1 Å². The topological polar surface area (TPSA) is 81.2 Å². The molecule has 0 unspecified atom stereocenters. The minimum Gasteiger partial charge on any atom is -0.454 e. The summed E-state index contributed by atoms with van der Waals surface area (Å²) in [4.78, 5) is 4.37. The van der Waals surface area contributed by atoms with Crippen molar-refractivity contribution in [2.45, 2.75) is 13.0 Å². The summed E-state index contributed by atoms with van der Waals surface area (Å²) >= 11 is 0. The number of nitrogens with zero attached hydrogens (tertiary/aromatic N) is 3. The van der Waals surface area contributed by atoms with Crippen molar-refractivity contribution in [3.8, 4) is 11.5 Å². The number of halogens is 1. The van der Waals surface area contributed by atoms with Crippen LogP contribution in [0.2, 0.25) is 0 Å². The molecule has 0 aliphatic carbocycles. The molecule has 2 aromatic carbocycles. The minimum atomic E-state index is -0.203. The molecule has 0 bridgehead atoms. The zero-order chi connectivity index (χ0) is 18.5. The number of fused-ring (bicyclic) bond motifs is 1. The molecule has 1 aromatic heterocycles. The van der Waals surface area contributed by atoms with E-state index in [9.17, 15) is 4.39 Å². The SMILES string of the molecule is Fc1ccccc1CCNc1cnnc(NCc2ccc3c(c2)OCO3)n1. The van der Waals surface area contributed by atoms with Gasteiger partial charge in [-0.25, -0.2) is 4.39 Å². The van der Waals surface area contributed by atoms with Gasteiger partial charge in [-0.3, -0.25) is 0 Å². The number of rotatable bonds is 7. The average molecular weight is 367 g/mol. The van der Waals surface area contributed by atoms with Crippen molar-refractivity contribution in [2.24, 2.45) is 0 Å². The lowest BCUT2D eigenvalue weighted by atomic mass is 10.1. The third kappa shape index (κ3) is 4.22. The van der Waals surface area contributed by atoms with Crippen LogP contribution < -0.4 is 20.1 Å². The Morgan fingerprint density at radius 1 is 1.04 bits per heavy atom. The maximum atomic E-state index is 13.6. The van der Waals surface area contributed by atoms with Crippen LogP contribution in [0.5, 0.6) is 11.5 Å². The number of nitrogens with one attached hydrogen (secondary N) is 2. The molecule has 3 aromatic rings. The number of ether oxygens (including phenoxy) is 2. The first kappa shape index (κ1) is 17.0. The van der Waals surface area contributed by atoms with Crippen molar-refractivity contribution < 1.29 is 13.9 Å². The van der Waals surface area contributed by atoms with E-state index in [-0.39, 0.29) is 12.6 Å². The van der Waals surface area contributed by atoms with Crippen LogP contribution in [0.3, 0.4) is 0 Å². The van der Waals surface area contributed by atoms with Crippen molar-refractivity contribution in [3.63, 3.8) is 0 Å². The second-order valence-electron chi connectivity index (χ2n) is 5.97. The predicted octanol–water partition coefficient (Wildman–Crippen LogP) is 3.01. The molecule has 2 heterocycles. The van der Waals surface area contributed by atoms with Gasteiger partial charge in [0.1, 0.15) is 5.82 Å². The first-order valence-electron chi connectivity index (χ1n) is 8.57. The van der Waals surface area contributed by atoms with Crippen molar-refractivity contribution in [1.29, 1.82) is 0 Å². The first-order chi connectivity index (χ1) is 13.3. The molecule has 7 nitrogen and oxygen atoms in total. The van der Waals surface area contributed by atoms with Crippen molar-refractivity contribution in [3.05, 3.63) is 65.6 Å². The van der Waals surface area contributed by atoms with E-state index >= 15 is 0 Å². The summed E-state index contributed by atoms with van der Waals surface area (Å²) in [6.45, 7) is 1.32. The van der Waals surface area contributed by atoms with E-state index in [1.807, 2.05) is 24.3 Å². The molecule has 4 rings (SSSR count). The molecule has 138 valence electrons. The number of aromatic nitrogens is 3. The van der Waals surface area contributed by atoms with Gasteiger partial charge in [0.15, 0.2) is 17.3 Å². The maximum absolute atomic E-state index is 13.6. The van der Waals surface area contributed by atoms with Crippen LogP contribution in [0.25, 0.3) is 0 Å². The van der Waals surface area contributed by atoms with Crippen LogP contribution in [0, 0.1) is 5.82 Å². The summed E-state index contributed by atoms with van der Waals surface area (Å²) in [7, 11) is 0. The molecular formula is C19H18FN5O2. The molecule has 0 saturated heterocycles. The first-order valence-corrected chi connectivity index (χ1v) is 8.57. The van der Waals surface area contributed by atoms with Crippen LogP contribution in [-0.2, 0) is 13.0 Å². The molecule has 8 heteroatoms. The molecule has 2 N–H and O–H groups in total. The Morgan fingerprint density at radius 2 is 1.93 bits per heavy atom. The van der Waals surface area contributed by atoms with Crippen LogP contribution in [0.4, 0.5) is 16.2 Å². The predicted molar refractivity (Wildman–Crippen MR) is 98.3 cm³/mol. The van der Waals surface area contributed by atoms with Gasteiger partial charge in [0.2, 0.25) is 12.7 Å². The van der Waals surface area contributed by atoms with Gasteiger partial charge < -0.3 is 20.1 Å². The van der Waals surface area contributed by atoms with E-state index < -0.39 is 0 Å². The fourth-order valence-electron chi connectivity index (χ4n) is 2.72. The molecule has 0 fully saturated rings. The van der Waals surface area contributed by atoms with E-state index in [2.05, 4.69) is 25.8 Å². The van der Waals surface area contributed by atoms with E-state index in [0.29, 0.717) is 36.8 Å². The summed E-state index contributed by atoms with van der Waals surface area (Å²) in [6.07, 6.45) is 2.09. The number of anilines is 2. The molecule has 0 amide bonds. The second kappa shape index (κ2) is 7.86. The Kier molecular flexibility index (Phi) is 4.95. The summed E-state index contributed by atoms with van der Waals surface area (Å²) in [5.74, 6) is 2.26. The average Bonchev–Trinajstić information content (AvgIpc) is 3.16. The lowest BCUT2D eigenvalue weighted by molar-refractivity contribution is 0.174. The fraction of sp³-hybridized carbons (Fsp3) is 0.211. The van der Waals surface area contributed by atoms with Gasteiger partial charge in [0.25, 0.3) is 0 Å². The van der Waals surface area contributed by atoms with E-state index in [1.165, 1.54) is 12.3 Å². The normalized spacial score (nSPS) is 12.0. The summed E-state index contributed by atoms with van der Waals surface area (Å²) in [5, 5.41) is 14.2. The Hall–Kier alpha value is -3.42. The van der Waals surface area contributed by atoms with Crippen LogP contribution >= 0.6 is 0 Å². The van der Waals surface area contributed by atoms with Gasteiger partial charge in [-0.15, -0.1) is 5.10 Å². The highest BCUT2D eigenvalue weighted by Gasteiger charge is 2.13. The van der Waals surface area contributed by atoms with E-state index in [0.717, 1.165) is 17.1 Å². The zero-order valence-electron chi connectivity index (χ0n) is 14.5.